The van der Waals surface area contributed by atoms with Gasteiger partial charge >= 0.3 is 5.69 Å². The molecule has 1 aliphatic carbocycles. The van der Waals surface area contributed by atoms with Crippen LogP contribution in [-0.4, -0.2) is 15.8 Å². The zero-order valence-corrected chi connectivity index (χ0v) is 6.77. The monoisotopic (exact) mass is 180 g/mol. The van der Waals surface area contributed by atoms with Crippen molar-refractivity contribution in [1.82, 2.24) is 9.55 Å². The van der Waals surface area contributed by atoms with E-state index in [-0.39, 0.29) is 12.0 Å². The van der Waals surface area contributed by atoms with Crippen LogP contribution < -0.4 is 11.2 Å². The standard InChI is InChI=1S/C8H8N2O3/c11-4-5-3-6(5)10-2-1-7(12)9-8(10)13/h1-2,4-6H,3H2,(H,9,12,13)/t5-,6-/m0/s1. The van der Waals surface area contributed by atoms with Crippen molar-refractivity contribution in [3.63, 3.8) is 0 Å². The Bertz CT molecular complexity index is 445. The summed E-state index contributed by atoms with van der Waals surface area (Å²) in [7, 11) is 0. The van der Waals surface area contributed by atoms with Crippen molar-refractivity contribution in [2.75, 3.05) is 0 Å². The van der Waals surface area contributed by atoms with E-state index in [0.29, 0.717) is 6.42 Å². The van der Waals surface area contributed by atoms with Crippen LogP contribution in [0.3, 0.4) is 0 Å². The first-order valence-electron chi connectivity index (χ1n) is 3.99. The van der Waals surface area contributed by atoms with E-state index in [4.69, 9.17) is 0 Å². The summed E-state index contributed by atoms with van der Waals surface area (Å²) in [5.74, 6) is -0.0661. The number of nitrogens with one attached hydrogen (secondary N) is 1. The molecule has 1 heterocycles. The van der Waals surface area contributed by atoms with E-state index in [1.165, 1.54) is 16.8 Å². The van der Waals surface area contributed by atoms with Crippen molar-refractivity contribution in [3.05, 3.63) is 33.1 Å². The summed E-state index contributed by atoms with van der Waals surface area (Å²) in [4.78, 5) is 34.4. The third-order valence-electron chi connectivity index (χ3n) is 2.19. The van der Waals surface area contributed by atoms with Gasteiger partial charge in [0.25, 0.3) is 5.56 Å². The molecule has 5 nitrogen and oxygen atoms in total. The Morgan fingerprint density at radius 3 is 2.85 bits per heavy atom. The fourth-order valence-electron chi connectivity index (χ4n) is 1.35. The van der Waals surface area contributed by atoms with Crippen LogP contribution in [0.15, 0.2) is 21.9 Å². The second-order valence-electron chi connectivity index (χ2n) is 3.12. The Hall–Kier alpha value is -1.65. The van der Waals surface area contributed by atoms with Crippen molar-refractivity contribution in [1.29, 1.82) is 0 Å². The minimum absolute atomic E-state index is 0.0538. The molecule has 1 aromatic rings. The molecule has 5 heteroatoms. The molecule has 0 radical (unpaired) electrons. The molecule has 1 N–H and O–H groups in total. The van der Waals surface area contributed by atoms with Gasteiger partial charge in [0.05, 0.1) is 0 Å². The molecule has 1 aliphatic rings. The van der Waals surface area contributed by atoms with Crippen molar-refractivity contribution in [2.45, 2.75) is 12.5 Å². The van der Waals surface area contributed by atoms with E-state index >= 15 is 0 Å². The molecule has 1 saturated carbocycles. The van der Waals surface area contributed by atoms with Crippen molar-refractivity contribution < 1.29 is 4.79 Å². The van der Waals surface area contributed by atoms with Gasteiger partial charge in [-0.3, -0.25) is 14.3 Å². The average Bonchev–Trinajstić information content (AvgIpc) is 2.83. The number of hydrogen-bond donors (Lipinski definition) is 1. The molecule has 13 heavy (non-hydrogen) atoms. The molecule has 0 spiro atoms. The van der Waals surface area contributed by atoms with Gasteiger partial charge in [-0.2, -0.15) is 0 Å². The molecule has 68 valence electrons. The molecule has 1 fully saturated rings. The number of nitrogens with zero attached hydrogens (tertiary/aromatic N) is 1. The highest BCUT2D eigenvalue weighted by molar-refractivity contribution is 5.58. The molecule has 0 saturated heterocycles. The number of aromatic nitrogens is 2. The zero-order chi connectivity index (χ0) is 9.42. The molecule has 2 rings (SSSR count). The van der Waals surface area contributed by atoms with Gasteiger partial charge in [0.1, 0.15) is 6.29 Å². The lowest BCUT2D eigenvalue weighted by atomic mass is 10.4. The molecule has 0 aromatic carbocycles. The Kier molecular flexibility index (Phi) is 1.65. The smallest absolute Gasteiger partial charge is 0.303 e. The summed E-state index contributed by atoms with van der Waals surface area (Å²) >= 11 is 0. The van der Waals surface area contributed by atoms with E-state index in [9.17, 15) is 14.4 Å². The first kappa shape index (κ1) is 7.97. The summed E-state index contributed by atoms with van der Waals surface area (Å²) < 4.78 is 1.39. The number of hydrogen-bond acceptors (Lipinski definition) is 3. The number of H-pyrrole nitrogens is 1. The third kappa shape index (κ3) is 1.32. The minimum Gasteiger partial charge on any atom is -0.303 e. The van der Waals surface area contributed by atoms with Crippen LogP contribution in [0.2, 0.25) is 0 Å². The summed E-state index contributed by atoms with van der Waals surface area (Å²) in [6.45, 7) is 0. The fraction of sp³-hybridized carbons (Fsp3) is 0.375. The first-order chi connectivity index (χ1) is 6.22. The highest BCUT2D eigenvalue weighted by Crippen LogP contribution is 2.39. The quantitative estimate of drug-likeness (QED) is 0.611. The molecular formula is C8H8N2O3. The maximum Gasteiger partial charge on any atom is 0.328 e. The zero-order valence-electron chi connectivity index (χ0n) is 6.77. The maximum atomic E-state index is 11.2. The molecule has 2 atom stereocenters. The largest absolute Gasteiger partial charge is 0.328 e. The summed E-state index contributed by atoms with van der Waals surface area (Å²) in [6.07, 6.45) is 2.95. The number of aldehydes is 1. The van der Waals surface area contributed by atoms with Crippen LogP contribution in [0.5, 0.6) is 0 Å². The highest BCUT2D eigenvalue weighted by Gasteiger charge is 2.38. The SMILES string of the molecule is O=C[C@@H]1C[C@@H]1n1ccc(=O)[nH]c1=O. The van der Waals surface area contributed by atoms with Gasteiger partial charge in [-0.05, 0) is 6.42 Å². The second kappa shape index (κ2) is 2.69. The second-order valence-corrected chi connectivity index (χ2v) is 3.12. The lowest BCUT2D eigenvalue weighted by Crippen LogP contribution is -2.28. The summed E-state index contributed by atoms with van der Waals surface area (Å²) in [6, 6.07) is 1.23. The molecule has 0 bridgehead atoms. The average molecular weight is 180 g/mol. The number of carbonyl (C=O) groups is 1. The third-order valence-corrected chi connectivity index (χ3v) is 2.19. The molecule has 0 amide bonds. The Morgan fingerprint density at radius 1 is 1.54 bits per heavy atom. The van der Waals surface area contributed by atoms with Crippen LogP contribution in [0, 0.1) is 5.92 Å². The lowest BCUT2D eigenvalue weighted by molar-refractivity contribution is -0.109. The molecule has 0 unspecified atom stereocenters. The van der Waals surface area contributed by atoms with Gasteiger partial charge in [-0.25, -0.2) is 4.79 Å². The van der Waals surface area contributed by atoms with E-state index in [1.807, 2.05) is 0 Å². The van der Waals surface area contributed by atoms with Crippen molar-refractivity contribution >= 4 is 6.29 Å². The summed E-state index contributed by atoms with van der Waals surface area (Å²) in [5, 5.41) is 0. The summed E-state index contributed by atoms with van der Waals surface area (Å²) in [5.41, 5.74) is -0.855. The Labute approximate surface area is 73.0 Å². The predicted octanol–water partition coefficient (Wildman–Crippen LogP) is -0.704. The first-order valence-corrected chi connectivity index (χ1v) is 3.99. The van der Waals surface area contributed by atoms with Crippen molar-refractivity contribution in [3.8, 4) is 0 Å². The van der Waals surface area contributed by atoms with E-state index in [1.54, 1.807) is 0 Å². The van der Waals surface area contributed by atoms with Gasteiger partial charge in [-0.15, -0.1) is 0 Å². The van der Waals surface area contributed by atoms with Gasteiger partial charge in [0.2, 0.25) is 0 Å². The van der Waals surface area contributed by atoms with E-state index < -0.39 is 11.2 Å². The van der Waals surface area contributed by atoms with Crippen LogP contribution in [0.4, 0.5) is 0 Å². The van der Waals surface area contributed by atoms with Gasteiger partial charge in [0.15, 0.2) is 0 Å². The number of aromatic amines is 1. The topological polar surface area (TPSA) is 71.9 Å². The maximum absolute atomic E-state index is 11.2. The lowest BCUT2D eigenvalue weighted by Gasteiger charge is -1.99. The highest BCUT2D eigenvalue weighted by atomic mass is 16.2. The van der Waals surface area contributed by atoms with E-state index in [0.717, 1.165) is 6.29 Å². The van der Waals surface area contributed by atoms with Crippen molar-refractivity contribution in [2.24, 2.45) is 5.92 Å². The fourth-order valence-corrected chi connectivity index (χ4v) is 1.35. The Morgan fingerprint density at radius 2 is 2.31 bits per heavy atom. The van der Waals surface area contributed by atoms with Gasteiger partial charge in [-0.1, -0.05) is 0 Å². The molecule has 0 aliphatic heterocycles. The predicted molar refractivity (Wildman–Crippen MR) is 44.5 cm³/mol. The van der Waals surface area contributed by atoms with Gasteiger partial charge in [0, 0.05) is 24.2 Å². The molecule has 1 aromatic heterocycles. The number of rotatable bonds is 2. The normalized spacial score (nSPS) is 25.5. The van der Waals surface area contributed by atoms with Crippen LogP contribution in [0.1, 0.15) is 12.5 Å². The molecular weight excluding hydrogens is 172 g/mol. The van der Waals surface area contributed by atoms with Crippen LogP contribution in [-0.2, 0) is 4.79 Å². The number of carbonyl (C=O) groups excluding carboxylic acids is 1. The van der Waals surface area contributed by atoms with Gasteiger partial charge < -0.3 is 4.79 Å². The van der Waals surface area contributed by atoms with E-state index in [2.05, 4.69) is 4.98 Å². The van der Waals surface area contributed by atoms with Crippen LogP contribution in [0.25, 0.3) is 0 Å². The van der Waals surface area contributed by atoms with Crippen LogP contribution >= 0.6 is 0 Å². The Balaban J connectivity index is 2.38. The minimum atomic E-state index is -0.443.